The van der Waals surface area contributed by atoms with Crippen LogP contribution >= 0.6 is 0 Å². The third-order valence-corrected chi connectivity index (χ3v) is 5.77. The Bertz CT molecular complexity index is 1000. The quantitative estimate of drug-likeness (QED) is 0.575. The number of carbonyl (C=O) groups is 1. The standard InChI is InChI=1S/C25H29N5O/c1-29(2)25-27-16-21(22-14-8-9-15-26-22)23(28-25)18-30(17-19-10-4-3-5-11-19)24(31)20-12-6-7-13-20/h3-5,8-11,14-16,20H,6-7,12-13,17-18H2,1-2H3. The highest BCUT2D eigenvalue weighted by Crippen LogP contribution is 2.29. The van der Waals surface area contributed by atoms with Gasteiger partial charge in [0, 0.05) is 44.5 Å². The molecule has 31 heavy (non-hydrogen) atoms. The van der Waals surface area contributed by atoms with Gasteiger partial charge in [0.05, 0.1) is 17.9 Å². The molecule has 1 aliphatic rings. The lowest BCUT2D eigenvalue weighted by Gasteiger charge is -2.27. The minimum atomic E-state index is 0.108. The van der Waals surface area contributed by atoms with Gasteiger partial charge in [-0.1, -0.05) is 49.2 Å². The average molecular weight is 416 g/mol. The number of amides is 1. The Balaban J connectivity index is 1.70. The Hall–Kier alpha value is -3.28. The van der Waals surface area contributed by atoms with E-state index in [-0.39, 0.29) is 11.8 Å². The summed E-state index contributed by atoms with van der Waals surface area (Å²) in [4.78, 5) is 31.1. The van der Waals surface area contributed by atoms with Gasteiger partial charge >= 0.3 is 0 Å². The molecule has 4 rings (SSSR count). The molecule has 0 aliphatic heterocycles. The van der Waals surface area contributed by atoms with Crippen LogP contribution in [0.25, 0.3) is 11.3 Å². The van der Waals surface area contributed by atoms with Crippen LogP contribution in [0.15, 0.2) is 60.9 Å². The van der Waals surface area contributed by atoms with E-state index in [9.17, 15) is 4.79 Å². The molecule has 160 valence electrons. The monoisotopic (exact) mass is 415 g/mol. The van der Waals surface area contributed by atoms with Crippen LogP contribution in [0, 0.1) is 5.92 Å². The highest BCUT2D eigenvalue weighted by Gasteiger charge is 2.28. The van der Waals surface area contributed by atoms with Crippen molar-refractivity contribution >= 4 is 11.9 Å². The molecule has 1 aromatic carbocycles. The van der Waals surface area contributed by atoms with Crippen molar-refractivity contribution in [3.05, 3.63) is 72.2 Å². The van der Waals surface area contributed by atoms with Crippen molar-refractivity contribution in [1.29, 1.82) is 0 Å². The lowest BCUT2D eigenvalue weighted by Crippen LogP contribution is -2.35. The van der Waals surface area contributed by atoms with Crippen molar-refractivity contribution in [2.24, 2.45) is 5.92 Å². The van der Waals surface area contributed by atoms with E-state index in [0.29, 0.717) is 19.0 Å². The van der Waals surface area contributed by atoms with Gasteiger partial charge in [-0.3, -0.25) is 9.78 Å². The van der Waals surface area contributed by atoms with Crippen LogP contribution in [0.3, 0.4) is 0 Å². The van der Waals surface area contributed by atoms with Crippen LogP contribution < -0.4 is 4.90 Å². The fourth-order valence-electron chi connectivity index (χ4n) is 4.11. The molecule has 6 nitrogen and oxygen atoms in total. The molecule has 0 radical (unpaired) electrons. The van der Waals surface area contributed by atoms with Crippen molar-refractivity contribution in [2.75, 3.05) is 19.0 Å². The summed E-state index contributed by atoms with van der Waals surface area (Å²) in [6.07, 6.45) is 7.80. The number of pyridine rings is 1. The van der Waals surface area contributed by atoms with E-state index < -0.39 is 0 Å². The average Bonchev–Trinajstić information content (AvgIpc) is 3.34. The van der Waals surface area contributed by atoms with Crippen LogP contribution in [0.5, 0.6) is 0 Å². The lowest BCUT2D eigenvalue weighted by molar-refractivity contribution is -0.136. The molecule has 0 N–H and O–H groups in total. The number of hydrogen-bond donors (Lipinski definition) is 0. The summed E-state index contributed by atoms with van der Waals surface area (Å²) in [5, 5.41) is 0. The molecule has 6 heteroatoms. The molecule has 0 saturated heterocycles. The molecule has 2 aromatic heterocycles. The number of rotatable bonds is 7. The second-order valence-corrected chi connectivity index (χ2v) is 8.30. The molecule has 0 spiro atoms. The fourth-order valence-corrected chi connectivity index (χ4v) is 4.11. The maximum atomic E-state index is 13.5. The predicted molar refractivity (Wildman–Crippen MR) is 122 cm³/mol. The van der Waals surface area contributed by atoms with Gasteiger partial charge in [-0.15, -0.1) is 0 Å². The van der Waals surface area contributed by atoms with E-state index in [4.69, 9.17) is 4.98 Å². The van der Waals surface area contributed by atoms with E-state index >= 15 is 0 Å². The van der Waals surface area contributed by atoms with Crippen molar-refractivity contribution in [3.63, 3.8) is 0 Å². The van der Waals surface area contributed by atoms with Crippen LogP contribution in [-0.2, 0) is 17.9 Å². The molecular weight excluding hydrogens is 386 g/mol. The summed E-state index contributed by atoms with van der Waals surface area (Å²) in [7, 11) is 3.84. The summed E-state index contributed by atoms with van der Waals surface area (Å²) < 4.78 is 0. The number of aromatic nitrogens is 3. The zero-order chi connectivity index (χ0) is 21.6. The van der Waals surface area contributed by atoms with E-state index in [1.807, 2.05) is 66.5 Å². The topological polar surface area (TPSA) is 62.2 Å². The first-order chi connectivity index (χ1) is 15.1. The fraction of sp³-hybridized carbons (Fsp3) is 0.360. The Labute approximate surface area is 184 Å². The van der Waals surface area contributed by atoms with Gasteiger partial charge in [-0.2, -0.15) is 0 Å². The van der Waals surface area contributed by atoms with Crippen molar-refractivity contribution < 1.29 is 4.79 Å². The maximum Gasteiger partial charge on any atom is 0.226 e. The molecule has 0 bridgehead atoms. The van der Waals surface area contributed by atoms with E-state index in [1.165, 1.54) is 0 Å². The van der Waals surface area contributed by atoms with Gasteiger partial charge in [0.25, 0.3) is 0 Å². The van der Waals surface area contributed by atoms with Gasteiger partial charge in [0.15, 0.2) is 0 Å². The minimum Gasteiger partial charge on any atom is -0.347 e. The summed E-state index contributed by atoms with van der Waals surface area (Å²) in [6.45, 7) is 0.999. The number of nitrogens with zero attached hydrogens (tertiary/aromatic N) is 5. The second kappa shape index (κ2) is 9.69. The van der Waals surface area contributed by atoms with Crippen LogP contribution in [0.1, 0.15) is 36.9 Å². The highest BCUT2D eigenvalue weighted by atomic mass is 16.2. The van der Waals surface area contributed by atoms with Crippen LogP contribution in [-0.4, -0.2) is 39.9 Å². The highest BCUT2D eigenvalue weighted by molar-refractivity contribution is 5.79. The molecular formula is C25H29N5O. The maximum absolute atomic E-state index is 13.5. The SMILES string of the molecule is CN(C)c1ncc(-c2ccccn2)c(CN(Cc2ccccc2)C(=O)C2CCCC2)n1. The zero-order valence-corrected chi connectivity index (χ0v) is 18.2. The van der Waals surface area contributed by atoms with E-state index in [0.717, 1.165) is 48.2 Å². The number of benzene rings is 1. The third-order valence-electron chi connectivity index (χ3n) is 5.77. The molecule has 1 amide bonds. The summed E-state index contributed by atoms with van der Waals surface area (Å²) >= 11 is 0. The minimum absolute atomic E-state index is 0.108. The first kappa shape index (κ1) is 21.0. The Morgan fingerprint density at radius 2 is 1.71 bits per heavy atom. The van der Waals surface area contributed by atoms with Crippen LogP contribution in [0.4, 0.5) is 5.95 Å². The lowest BCUT2D eigenvalue weighted by atomic mass is 10.0. The first-order valence-electron chi connectivity index (χ1n) is 10.9. The van der Waals surface area contributed by atoms with Gasteiger partial charge < -0.3 is 9.80 Å². The largest absolute Gasteiger partial charge is 0.347 e. The normalized spacial score (nSPS) is 13.9. The second-order valence-electron chi connectivity index (χ2n) is 8.30. The predicted octanol–water partition coefficient (Wildman–Crippen LogP) is 4.32. The first-order valence-corrected chi connectivity index (χ1v) is 10.9. The third kappa shape index (κ3) is 5.08. The van der Waals surface area contributed by atoms with Gasteiger partial charge in [-0.05, 0) is 30.5 Å². The summed E-state index contributed by atoms with van der Waals surface area (Å²) in [5.41, 5.74) is 3.62. The van der Waals surface area contributed by atoms with Gasteiger partial charge in [-0.25, -0.2) is 9.97 Å². The van der Waals surface area contributed by atoms with Gasteiger partial charge in [0.1, 0.15) is 0 Å². The smallest absolute Gasteiger partial charge is 0.226 e. The number of carbonyl (C=O) groups excluding carboxylic acids is 1. The molecule has 0 atom stereocenters. The van der Waals surface area contributed by atoms with Crippen LogP contribution in [0.2, 0.25) is 0 Å². The van der Waals surface area contributed by atoms with Crippen molar-refractivity contribution in [3.8, 4) is 11.3 Å². The molecule has 1 fully saturated rings. The number of hydrogen-bond acceptors (Lipinski definition) is 5. The Kier molecular flexibility index (Phi) is 6.55. The van der Waals surface area contributed by atoms with Crippen molar-refractivity contribution in [1.82, 2.24) is 19.9 Å². The Morgan fingerprint density at radius 1 is 0.968 bits per heavy atom. The molecule has 0 unspecified atom stereocenters. The molecule has 2 heterocycles. The Morgan fingerprint density at radius 3 is 2.39 bits per heavy atom. The summed E-state index contributed by atoms with van der Waals surface area (Å²) in [6, 6.07) is 16.0. The van der Waals surface area contributed by atoms with E-state index in [1.54, 1.807) is 6.20 Å². The zero-order valence-electron chi connectivity index (χ0n) is 18.2. The molecule has 3 aromatic rings. The molecule has 1 aliphatic carbocycles. The molecule has 1 saturated carbocycles. The van der Waals surface area contributed by atoms with E-state index in [2.05, 4.69) is 22.1 Å². The number of anilines is 1. The summed E-state index contributed by atoms with van der Waals surface area (Å²) in [5.74, 6) is 0.957. The van der Waals surface area contributed by atoms with Gasteiger partial charge in [0.2, 0.25) is 11.9 Å². The van der Waals surface area contributed by atoms with Crippen molar-refractivity contribution in [2.45, 2.75) is 38.8 Å².